The maximum atomic E-state index is 14.4. The molecule has 0 radical (unpaired) electrons. The SMILES string of the molecule is C#Cc1cccc(C2(NCC(O)C3Cc4cc(F)cc(c4)OCCCCC(=O)N(C)CC(=O)N3)CC2)c1. The van der Waals surface area contributed by atoms with Crippen molar-refractivity contribution in [3.05, 3.63) is 65.0 Å². The van der Waals surface area contributed by atoms with Gasteiger partial charge in [-0.1, -0.05) is 18.1 Å². The lowest BCUT2D eigenvalue weighted by Gasteiger charge is -2.28. The lowest BCUT2D eigenvalue weighted by atomic mass is 9.98. The number of likely N-dealkylation sites (N-methyl/N-ethyl adjacent to an activating group) is 1. The van der Waals surface area contributed by atoms with E-state index in [4.69, 9.17) is 11.2 Å². The number of hydrogen-bond donors (Lipinski definition) is 3. The van der Waals surface area contributed by atoms with Gasteiger partial charge in [0.1, 0.15) is 11.6 Å². The maximum absolute atomic E-state index is 14.4. The molecule has 2 aromatic rings. The summed E-state index contributed by atoms with van der Waals surface area (Å²) in [6.45, 7) is 0.442. The number of terminal acetylenes is 1. The number of aliphatic hydroxyl groups excluding tert-OH is 1. The lowest BCUT2D eigenvalue weighted by Crippen LogP contribution is -2.52. The fourth-order valence-electron chi connectivity index (χ4n) is 4.72. The number of rotatable bonds is 5. The molecule has 3 N–H and O–H groups in total. The van der Waals surface area contributed by atoms with E-state index < -0.39 is 18.0 Å². The summed E-state index contributed by atoms with van der Waals surface area (Å²) < 4.78 is 20.1. The number of fused-ring (bicyclic) bond motifs is 2. The van der Waals surface area contributed by atoms with E-state index in [0.717, 1.165) is 24.0 Å². The number of carbonyl (C=O) groups excluding carboxylic acids is 2. The van der Waals surface area contributed by atoms with E-state index in [9.17, 15) is 19.1 Å². The van der Waals surface area contributed by atoms with Crippen molar-refractivity contribution in [1.29, 1.82) is 0 Å². The van der Waals surface area contributed by atoms with Crippen molar-refractivity contribution < 1.29 is 23.8 Å². The van der Waals surface area contributed by atoms with Crippen molar-refractivity contribution >= 4 is 11.8 Å². The van der Waals surface area contributed by atoms with Gasteiger partial charge in [-0.25, -0.2) is 4.39 Å². The summed E-state index contributed by atoms with van der Waals surface area (Å²) in [5.41, 5.74) is 2.18. The van der Waals surface area contributed by atoms with Crippen LogP contribution in [0.3, 0.4) is 0 Å². The van der Waals surface area contributed by atoms with Crippen LogP contribution >= 0.6 is 0 Å². The standard InChI is InChI=1S/C29H34FN3O4/c1-3-20-7-6-8-22(13-20)29(10-11-29)31-18-26(34)25-16-21-14-23(30)17-24(15-21)37-12-5-4-9-28(36)33(2)19-27(35)32-25/h1,6-8,13-15,17,25-26,31,34H,4-5,9-12,16,18-19H2,2H3,(H,32,35). The summed E-state index contributed by atoms with van der Waals surface area (Å²) in [5, 5.41) is 17.5. The third kappa shape index (κ3) is 7.09. The van der Waals surface area contributed by atoms with Gasteiger partial charge < -0.3 is 25.4 Å². The molecule has 2 aromatic carbocycles. The summed E-state index contributed by atoms with van der Waals surface area (Å²) in [6, 6.07) is 11.5. The highest BCUT2D eigenvalue weighted by molar-refractivity contribution is 5.84. The largest absolute Gasteiger partial charge is 0.493 e. The molecule has 2 unspecified atom stereocenters. The first-order valence-electron chi connectivity index (χ1n) is 12.7. The van der Waals surface area contributed by atoms with Crippen molar-refractivity contribution in [3.63, 3.8) is 0 Å². The Morgan fingerprint density at radius 3 is 2.84 bits per heavy atom. The molecule has 0 aromatic heterocycles. The first-order chi connectivity index (χ1) is 17.8. The highest BCUT2D eigenvalue weighted by Gasteiger charge is 2.44. The molecule has 2 aliphatic rings. The van der Waals surface area contributed by atoms with Crippen LogP contribution in [-0.4, -0.2) is 60.7 Å². The topological polar surface area (TPSA) is 90.9 Å². The van der Waals surface area contributed by atoms with Gasteiger partial charge in [0.15, 0.2) is 0 Å². The average molecular weight is 508 g/mol. The number of halogens is 1. The molecule has 1 aliphatic carbocycles. The lowest BCUT2D eigenvalue weighted by molar-refractivity contribution is -0.135. The van der Waals surface area contributed by atoms with Crippen molar-refractivity contribution in [2.24, 2.45) is 0 Å². The zero-order chi connectivity index (χ0) is 26.4. The second-order valence-electron chi connectivity index (χ2n) is 9.98. The van der Waals surface area contributed by atoms with Gasteiger partial charge in [-0.05, 0) is 67.5 Å². The molecule has 196 valence electrons. The fourth-order valence-corrected chi connectivity index (χ4v) is 4.72. The number of nitrogens with one attached hydrogen (secondary N) is 2. The Bertz CT molecular complexity index is 1170. The van der Waals surface area contributed by atoms with Gasteiger partial charge in [-0.3, -0.25) is 9.59 Å². The number of aliphatic hydroxyl groups is 1. The number of nitrogens with zero attached hydrogens (tertiary/aromatic N) is 1. The molecular weight excluding hydrogens is 473 g/mol. The van der Waals surface area contributed by atoms with Crippen LogP contribution in [0, 0.1) is 18.2 Å². The van der Waals surface area contributed by atoms with Crippen molar-refractivity contribution in [3.8, 4) is 18.1 Å². The molecular formula is C29H34FN3O4. The molecule has 2 atom stereocenters. The maximum Gasteiger partial charge on any atom is 0.239 e. The summed E-state index contributed by atoms with van der Waals surface area (Å²) in [7, 11) is 1.59. The van der Waals surface area contributed by atoms with Gasteiger partial charge in [0, 0.05) is 37.2 Å². The van der Waals surface area contributed by atoms with E-state index in [-0.39, 0.29) is 36.9 Å². The van der Waals surface area contributed by atoms with Crippen molar-refractivity contribution in [1.82, 2.24) is 15.5 Å². The van der Waals surface area contributed by atoms with Crippen molar-refractivity contribution in [2.75, 3.05) is 26.7 Å². The van der Waals surface area contributed by atoms with Gasteiger partial charge in [0.2, 0.25) is 11.8 Å². The van der Waals surface area contributed by atoms with Gasteiger partial charge in [0.05, 0.1) is 25.3 Å². The van der Waals surface area contributed by atoms with Crippen LogP contribution in [0.5, 0.6) is 5.75 Å². The Hall–Kier alpha value is -3.41. The predicted octanol–water partition coefficient (Wildman–Crippen LogP) is 2.50. The van der Waals surface area contributed by atoms with E-state index in [2.05, 4.69) is 16.6 Å². The monoisotopic (exact) mass is 507 g/mol. The Morgan fingerprint density at radius 2 is 2.08 bits per heavy atom. The van der Waals surface area contributed by atoms with Crippen molar-refractivity contribution in [2.45, 2.75) is 56.2 Å². The van der Waals surface area contributed by atoms with Gasteiger partial charge in [-0.15, -0.1) is 6.42 Å². The first-order valence-corrected chi connectivity index (χ1v) is 12.7. The number of amides is 2. The van der Waals surface area contributed by atoms with Crippen LogP contribution in [0.4, 0.5) is 4.39 Å². The molecule has 1 saturated carbocycles. The van der Waals surface area contributed by atoms with Gasteiger partial charge in [-0.2, -0.15) is 0 Å². The Balaban J connectivity index is 1.51. The first kappa shape index (κ1) is 26.6. The van der Waals surface area contributed by atoms with Crippen LogP contribution in [0.2, 0.25) is 0 Å². The molecule has 1 aliphatic heterocycles. The molecule has 37 heavy (non-hydrogen) atoms. The smallest absolute Gasteiger partial charge is 0.239 e. The minimum absolute atomic E-state index is 0.122. The predicted molar refractivity (Wildman–Crippen MR) is 138 cm³/mol. The minimum Gasteiger partial charge on any atom is -0.493 e. The summed E-state index contributed by atoms with van der Waals surface area (Å²) in [6.07, 6.45) is 8.12. The van der Waals surface area contributed by atoms with E-state index in [1.807, 2.05) is 24.3 Å². The molecule has 8 heteroatoms. The second kappa shape index (κ2) is 11.8. The zero-order valence-corrected chi connectivity index (χ0v) is 21.1. The molecule has 0 spiro atoms. The summed E-state index contributed by atoms with van der Waals surface area (Å²) in [4.78, 5) is 26.6. The molecule has 1 fully saturated rings. The molecule has 2 bridgehead atoms. The van der Waals surface area contributed by atoms with Crippen LogP contribution in [0.1, 0.15) is 48.8 Å². The molecule has 0 saturated heterocycles. The summed E-state index contributed by atoms with van der Waals surface area (Å²) in [5.74, 6) is 2.07. The molecule has 2 amide bonds. The van der Waals surface area contributed by atoms with E-state index in [1.165, 1.54) is 17.0 Å². The Labute approximate surface area is 217 Å². The molecule has 7 nitrogen and oxygen atoms in total. The molecule has 1 heterocycles. The van der Waals surface area contributed by atoms with E-state index in [0.29, 0.717) is 37.2 Å². The number of hydrogen-bond acceptors (Lipinski definition) is 5. The minimum atomic E-state index is -0.971. The van der Waals surface area contributed by atoms with Crippen LogP contribution in [-0.2, 0) is 21.5 Å². The van der Waals surface area contributed by atoms with Crippen LogP contribution in [0.25, 0.3) is 0 Å². The van der Waals surface area contributed by atoms with Crippen LogP contribution < -0.4 is 15.4 Å². The number of ether oxygens (including phenoxy) is 1. The summed E-state index contributed by atoms with van der Waals surface area (Å²) >= 11 is 0. The Morgan fingerprint density at radius 1 is 1.27 bits per heavy atom. The molecule has 4 rings (SSSR count). The average Bonchev–Trinajstić information content (AvgIpc) is 3.67. The highest BCUT2D eigenvalue weighted by Crippen LogP contribution is 2.45. The highest BCUT2D eigenvalue weighted by atomic mass is 19.1. The third-order valence-electron chi connectivity index (χ3n) is 7.04. The third-order valence-corrected chi connectivity index (χ3v) is 7.04. The second-order valence-corrected chi connectivity index (χ2v) is 9.98. The van der Waals surface area contributed by atoms with E-state index in [1.54, 1.807) is 13.1 Å². The fraction of sp³-hybridized carbons (Fsp3) is 0.448. The number of carbonyl (C=O) groups is 2. The number of benzene rings is 2. The normalized spacial score (nSPS) is 21.0. The van der Waals surface area contributed by atoms with Crippen LogP contribution in [0.15, 0.2) is 42.5 Å². The van der Waals surface area contributed by atoms with E-state index >= 15 is 0 Å². The zero-order valence-electron chi connectivity index (χ0n) is 21.1. The Kier molecular flexibility index (Phi) is 8.47. The van der Waals surface area contributed by atoms with Gasteiger partial charge >= 0.3 is 0 Å². The quantitative estimate of drug-likeness (QED) is 0.541. The van der Waals surface area contributed by atoms with Gasteiger partial charge in [0.25, 0.3) is 0 Å².